The SMILES string of the molecule is O=C(O)C(CC(F)(F)F)NC(F)(F)F. The summed E-state index contributed by atoms with van der Waals surface area (Å²) in [5.41, 5.74) is 0. The molecule has 1 unspecified atom stereocenters. The molecule has 0 rings (SSSR count). The summed E-state index contributed by atoms with van der Waals surface area (Å²) >= 11 is 0. The van der Waals surface area contributed by atoms with E-state index in [0.29, 0.717) is 5.32 Å². The number of halogens is 6. The zero-order chi connectivity index (χ0) is 11.6. The van der Waals surface area contributed by atoms with Gasteiger partial charge in [0.25, 0.3) is 0 Å². The van der Waals surface area contributed by atoms with Gasteiger partial charge in [-0.1, -0.05) is 0 Å². The summed E-state index contributed by atoms with van der Waals surface area (Å²) in [6, 6.07) is -2.71. The number of hydrogen-bond acceptors (Lipinski definition) is 2. The fourth-order valence-electron chi connectivity index (χ4n) is 0.629. The lowest BCUT2D eigenvalue weighted by Gasteiger charge is -2.17. The second-order valence-electron chi connectivity index (χ2n) is 2.35. The van der Waals surface area contributed by atoms with Gasteiger partial charge >= 0.3 is 18.4 Å². The van der Waals surface area contributed by atoms with Gasteiger partial charge in [0.1, 0.15) is 6.04 Å². The van der Waals surface area contributed by atoms with Gasteiger partial charge in [0.2, 0.25) is 0 Å². The molecule has 1 atom stereocenters. The smallest absolute Gasteiger partial charge is 0.457 e. The van der Waals surface area contributed by atoms with E-state index in [1.807, 2.05) is 0 Å². The Hall–Kier alpha value is -0.990. The highest BCUT2D eigenvalue weighted by atomic mass is 19.4. The molecule has 0 fully saturated rings. The van der Waals surface area contributed by atoms with E-state index in [4.69, 9.17) is 5.11 Å². The molecule has 0 aromatic carbocycles. The molecular weight excluding hydrogens is 220 g/mol. The fraction of sp³-hybridized carbons (Fsp3) is 0.800. The van der Waals surface area contributed by atoms with Crippen molar-refractivity contribution in [2.75, 3.05) is 0 Å². The fourth-order valence-corrected chi connectivity index (χ4v) is 0.629. The Morgan fingerprint density at radius 1 is 1.21 bits per heavy atom. The van der Waals surface area contributed by atoms with Crippen molar-refractivity contribution in [3.8, 4) is 0 Å². The number of carboxylic acid groups (broad SMARTS) is 1. The van der Waals surface area contributed by atoms with Gasteiger partial charge in [0.15, 0.2) is 0 Å². The highest BCUT2D eigenvalue weighted by Crippen LogP contribution is 2.23. The number of alkyl halides is 6. The molecule has 3 nitrogen and oxygen atoms in total. The van der Waals surface area contributed by atoms with Crippen molar-refractivity contribution in [1.29, 1.82) is 0 Å². The highest BCUT2D eigenvalue weighted by Gasteiger charge is 2.41. The maximum atomic E-state index is 11.6. The second kappa shape index (κ2) is 4.03. The standard InChI is InChI=1S/C5H5F6NO2/c6-4(7,8)1-2(3(13)14)12-5(9,10)11/h2,12H,1H2,(H,13,14). The summed E-state index contributed by atoms with van der Waals surface area (Å²) in [6.45, 7) is 0. The molecule has 0 heterocycles. The molecule has 0 aliphatic rings. The molecule has 0 radical (unpaired) electrons. The molecule has 0 spiro atoms. The van der Waals surface area contributed by atoms with Crippen LogP contribution < -0.4 is 5.32 Å². The third kappa shape index (κ3) is 6.52. The molecule has 9 heteroatoms. The average Bonchev–Trinajstić information content (AvgIpc) is 1.78. The van der Waals surface area contributed by atoms with E-state index in [2.05, 4.69) is 0 Å². The molecule has 0 aliphatic carbocycles. The molecule has 0 saturated heterocycles. The topological polar surface area (TPSA) is 49.3 Å². The minimum absolute atomic E-state index is 0.393. The highest BCUT2D eigenvalue weighted by molar-refractivity contribution is 5.73. The Bertz CT molecular complexity index is 193. The Balaban J connectivity index is 4.40. The Kier molecular flexibility index (Phi) is 3.74. The predicted octanol–water partition coefficient (Wildman–Crippen LogP) is 1.50. The van der Waals surface area contributed by atoms with Crippen molar-refractivity contribution in [3.63, 3.8) is 0 Å². The Morgan fingerprint density at radius 3 is 1.86 bits per heavy atom. The lowest BCUT2D eigenvalue weighted by atomic mass is 10.2. The van der Waals surface area contributed by atoms with Crippen molar-refractivity contribution >= 4 is 5.97 Å². The minimum Gasteiger partial charge on any atom is -0.480 e. The maximum Gasteiger partial charge on any atom is 0.457 e. The maximum absolute atomic E-state index is 11.6. The first-order valence-corrected chi connectivity index (χ1v) is 3.15. The Labute approximate surface area is 73.7 Å². The summed E-state index contributed by atoms with van der Waals surface area (Å²) in [7, 11) is 0. The van der Waals surface area contributed by atoms with Crippen LogP contribution in [0.15, 0.2) is 0 Å². The second-order valence-corrected chi connectivity index (χ2v) is 2.35. The van der Waals surface area contributed by atoms with Crippen LogP contribution in [0.3, 0.4) is 0 Å². The van der Waals surface area contributed by atoms with Crippen LogP contribution in [0.4, 0.5) is 26.3 Å². The summed E-state index contributed by atoms with van der Waals surface area (Å²) in [6.07, 6.45) is -12.2. The molecule has 0 aromatic rings. The van der Waals surface area contributed by atoms with Crippen molar-refractivity contribution < 1.29 is 36.2 Å². The van der Waals surface area contributed by atoms with Crippen molar-refractivity contribution in [2.24, 2.45) is 0 Å². The summed E-state index contributed by atoms with van der Waals surface area (Å²) in [5.74, 6) is -2.21. The van der Waals surface area contributed by atoms with Gasteiger partial charge < -0.3 is 5.11 Å². The zero-order valence-corrected chi connectivity index (χ0v) is 6.41. The zero-order valence-electron chi connectivity index (χ0n) is 6.41. The number of nitrogens with one attached hydrogen (secondary N) is 1. The number of carbonyl (C=O) groups is 1. The first-order chi connectivity index (χ1) is 6.01. The molecule has 0 aliphatic heterocycles. The summed E-state index contributed by atoms with van der Waals surface area (Å²) in [5, 5.41) is 8.43. The molecule has 0 bridgehead atoms. The average molecular weight is 225 g/mol. The van der Waals surface area contributed by atoms with Gasteiger partial charge in [-0.2, -0.15) is 26.3 Å². The van der Waals surface area contributed by atoms with Crippen LogP contribution in [-0.2, 0) is 4.79 Å². The van der Waals surface area contributed by atoms with Crippen LogP contribution in [0.1, 0.15) is 6.42 Å². The van der Waals surface area contributed by atoms with Crippen LogP contribution >= 0.6 is 0 Å². The molecule has 14 heavy (non-hydrogen) atoms. The molecule has 0 aromatic heterocycles. The van der Waals surface area contributed by atoms with Gasteiger partial charge in [-0.15, -0.1) is 0 Å². The number of aliphatic carboxylic acids is 1. The first kappa shape index (κ1) is 13.0. The van der Waals surface area contributed by atoms with E-state index in [0.717, 1.165) is 0 Å². The number of hydrogen-bond donors (Lipinski definition) is 2. The van der Waals surface area contributed by atoms with Crippen molar-refractivity contribution in [2.45, 2.75) is 24.9 Å². The van der Waals surface area contributed by atoms with Gasteiger partial charge in [0.05, 0.1) is 6.42 Å². The molecule has 84 valence electrons. The third-order valence-corrected chi connectivity index (χ3v) is 1.07. The molecule has 0 amide bonds. The largest absolute Gasteiger partial charge is 0.480 e. The lowest BCUT2D eigenvalue weighted by Crippen LogP contribution is -2.47. The molecule has 2 N–H and O–H groups in total. The van der Waals surface area contributed by atoms with Gasteiger partial charge in [-0.3, -0.25) is 4.79 Å². The summed E-state index contributed by atoms with van der Waals surface area (Å²) < 4.78 is 69.2. The van der Waals surface area contributed by atoms with Crippen LogP contribution in [0.5, 0.6) is 0 Å². The monoisotopic (exact) mass is 225 g/mol. The van der Waals surface area contributed by atoms with E-state index in [1.165, 1.54) is 0 Å². The van der Waals surface area contributed by atoms with Crippen molar-refractivity contribution in [3.05, 3.63) is 0 Å². The van der Waals surface area contributed by atoms with E-state index in [-0.39, 0.29) is 0 Å². The van der Waals surface area contributed by atoms with Crippen LogP contribution in [-0.4, -0.2) is 29.6 Å². The van der Waals surface area contributed by atoms with E-state index in [9.17, 15) is 31.1 Å². The normalized spacial score (nSPS) is 15.3. The Morgan fingerprint density at radius 2 is 1.64 bits per heavy atom. The number of rotatable bonds is 3. The van der Waals surface area contributed by atoms with E-state index in [1.54, 1.807) is 0 Å². The predicted molar refractivity (Wildman–Crippen MR) is 31.3 cm³/mol. The third-order valence-electron chi connectivity index (χ3n) is 1.07. The van der Waals surface area contributed by atoms with E-state index < -0.39 is 30.9 Å². The summed E-state index contributed by atoms with van der Waals surface area (Å²) in [4.78, 5) is 9.99. The molecule has 0 saturated carbocycles. The number of carboxylic acids is 1. The van der Waals surface area contributed by atoms with Gasteiger partial charge in [0, 0.05) is 0 Å². The van der Waals surface area contributed by atoms with Crippen LogP contribution in [0, 0.1) is 0 Å². The lowest BCUT2D eigenvalue weighted by molar-refractivity contribution is -0.190. The first-order valence-electron chi connectivity index (χ1n) is 3.15. The van der Waals surface area contributed by atoms with Crippen molar-refractivity contribution in [1.82, 2.24) is 5.32 Å². The van der Waals surface area contributed by atoms with E-state index >= 15 is 0 Å². The van der Waals surface area contributed by atoms with Crippen LogP contribution in [0.25, 0.3) is 0 Å². The quantitative estimate of drug-likeness (QED) is 0.565. The molecular formula is C5H5F6NO2. The minimum atomic E-state index is -5.16. The van der Waals surface area contributed by atoms with Gasteiger partial charge in [-0.25, -0.2) is 5.32 Å². The van der Waals surface area contributed by atoms with Crippen LogP contribution in [0.2, 0.25) is 0 Å². The van der Waals surface area contributed by atoms with Gasteiger partial charge in [-0.05, 0) is 0 Å².